The Labute approximate surface area is 418 Å². The first-order chi connectivity index (χ1) is 31.3. The van der Waals surface area contributed by atoms with Gasteiger partial charge in [-0.3, -0.25) is 59.4 Å². The Morgan fingerprint density at radius 3 is 1.78 bits per heavy atom. The molecule has 3 aliphatic heterocycles. The smallest absolute Gasteiger partial charge is 0.323 e. The van der Waals surface area contributed by atoms with Crippen LogP contribution in [0.2, 0.25) is 0 Å². The molecule has 0 radical (unpaired) electrons. The molecule has 0 bridgehead atoms. The summed E-state index contributed by atoms with van der Waals surface area (Å²) in [4.78, 5) is 78.8. The van der Waals surface area contributed by atoms with Crippen LogP contribution < -0.4 is 24.8 Å². The van der Waals surface area contributed by atoms with Crippen LogP contribution in [0.25, 0.3) is 0 Å². The van der Waals surface area contributed by atoms with Gasteiger partial charge in [0.1, 0.15) is 41.6 Å². The lowest BCUT2D eigenvalue weighted by atomic mass is 10.1. The predicted octanol–water partition coefficient (Wildman–Crippen LogP) is 6.99. The Hall–Kier alpha value is -4.44. The number of Topliss-reactive ketones (excluding diaryl/α,β-unsaturated/α-hetero) is 1. The van der Waals surface area contributed by atoms with Crippen LogP contribution in [0.4, 0.5) is 11.4 Å². The van der Waals surface area contributed by atoms with Gasteiger partial charge in [0, 0.05) is 68.6 Å². The number of nitrogens with zero attached hydrogens (tertiary/aromatic N) is 3. The third kappa shape index (κ3) is 21.5. The SMILES string of the molecule is C.COC(=O)C1CSCN1.COc1cc(C(=O)Cl)c([N+](=O)[O-])cc1OCc1ccccc1.COc1cc(C(=O)N2CSCC2C(C)=O)c([N+](=O)[O-])cc1C.CS(=O)(O)(Cl)Cl.O=C(O)C1CSCN1. The maximum Gasteiger partial charge on any atom is 0.323 e. The van der Waals surface area contributed by atoms with Crippen LogP contribution in [0, 0.1) is 27.2 Å². The molecule has 0 aromatic heterocycles. The molecule has 3 saturated heterocycles. The molecule has 28 heteroatoms. The second-order valence-electron chi connectivity index (χ2n) is 13.8. The first-order valence-electron chi connectivity index (χ1n) is 19.0. The maximum atomic E-state index is 12.7. The Balaban J connectivity index is 0.000000465. The molecule has 3 aromatic carbocycles. The quantitative estimate of drug-likeness (QED) is 0.0615. The molecule has 378 valence electrons. The largest absolute Gasteiger partial charge is 0.496 e. The molecule has 3 aromatic rings. The highest BCUT2D eigenvalue weighted by Crippen LogP contribution is 2.36. The highest BCUT2D eigenvalue weighted by Gasteiger charge is 2.36. The van der Waals surface area contributed by atoms with E-state index in [0.717, 1.165) is 35.4 Å². The van der Waals surface area contributed by atoms with Gasteiger partial charge in [-0.2, -0.15) is 4.21 Å². The minimum atomic E-state index is -4.16. The highest BCUT2D eigenvalue weighted by molar-refractivity contribution is 8.49. The van der Waals surface area contributed by atoms with Gasteiger partial charge in [0.2, 0.25) is 0 Å². The van der Waals surface area contributed by atoms with Crippen LogP contribution in [0.1, 0.15) is 46.2 Å². The summed E-state index contributed by atoms with van der Waals surface area (Å²) in [5.74, 6) is 3.27. The lowest BCUT2D eigenvalue weighted by Gasteiger charge is -2.22. The molecule has 0 saturated carbocycles. The second kappa shape index (κ2) is 28.9. The Morgan fingerprint density at radius 1 is 0.838 bits per heavy atom. The lowest BCUT2D eigenvalue weighted by molar-refractivity contribution is -0.385. The number of benzene rings is 3. The average Bonchev–Trinajstić information content (AvgIpc) is 4.09. The summed E-state index contributed by atoms with van der Waals surface area (Å²) in [7, 11) is 9.38. The van der Waals surface area contributed by atoms with E-state index in [1.165, 1.54) is 63.1 Å². The summed E-state index contributed by atoms with van der Waals surface area (Å²) in [5, 5.41) is 35.5. The van der Waals surface area contributed by atoms with Crippen molar-refractivity contribution in [2.45, 2.75) is 46.0 Å². The van der Waals surface area contributed by atoms with Crippen molar-refractivity contribution in [2.75, 3.05) is 62.5 Å². The minimum absolute atomic E-state index is 0. The van der Waals surface area contributed by atoms with Crippen molar-refractivity contribution in [2.24, 2.45) is 0 Å². The van der Waals surface area contributed by atoms with Gasteiger partial charge in [-0.1, -0.05) is 45.5 Å². The molecule has 0 spiro atoms. The number of aryl methyl sites for hydroxylation is 1. The van der Waals surface area contributed by atoms with Crippen molar-refractivity contribution in [1.29, 1.82) is 0 Å². The van der Waals surface area contributed by atoms with Crippen molar-refractivity contribution in [3.05, 3.63) is 97.1 Å². The lowest BCUT2D eigenvalue weighted by Crippen LogP contribution is -2.41. The number of hydrogen-bond donors (Lipinski definition) is 4. The fourth-order valence-corrected chi connectivity index (χ4v) is 8.71. The fraction of sp³-hybridized carbons (Fsp3) is 0.425. The number of thioether (sulfide) groups is 3. The van der Waals surface area contributed by atoms with Crippen LogP contribution in [0.5, 0.6) is 17.2 Å². The zero-order chi connectivity index (χ0) is 50.7. The number of halogens is 3. The van der Waals surface area contributed by atoms with E-state index in [-0.39, 0.29) is 66.2 Å². The number of aliphatic carboxylic acids is 1. The fourth-order valence-electron chi connectivity index (χ4n) is 5.46. The molecular weight excluding hydrogens is 1040 g/mol. The van der Waals surface area contributed by atoms with E-state index in [1.54, 1.807) is 30.4 Å². The monoisotopic (exact) mass is 1090 g/mol. The van der Waals surface area contributed by atoms with Crippen molar-refractivity contribution in [1.82, 2.24) is 15.5 Å². The summed E-state index contributed by atoms with van der Waals surface area (Å²) < 4.78 is 38.3. The summed E-state index contributed by atoms with van der Waals surface area (Å²) in [6, 6.07) is 13.4. The zero-order valence-electron chi connectivity index (χ0n) is 36.6. The van der Waals surface area contributed by atoms with Gasteiger partial charge in [0.05, 0.1) is 49.4 Å². The Bertz CT molecular complexity index is 2300. The average molecular weight is 1090 g/mol. The number of carbonyl (C=O) groups is 5. The third-order valence-electron chi connectivity index (χ3n) is 8.70. The number of nitrogens with one attached hydrogen (secondary N) is 2. The molecular formula is C40H52Cl3N5O16S4. The molecule has 6 rings (SSSR count). The Morgan fingerprint density at radius 2 is 1.35 bits per heavy atom. The standard InChI is InChI=1S/C15H12ClNO5.C14H16N2O5S.C5H9NO2S.C4H7NO2S.CH4Cl2O2S.CH4/c1-21-13-7-11(15(16)18)12(17(19)20)8-14(13)22-9-10-5-3-2-4-6-10;1-8-4-11(16(19)20)10(5-13(8)21-3)14(18)15-7-22-6-12(15)9(2)17;1-8-5(7)4-2-9-3-6-4;6-4(7)3-1-8-2-5-3;1-6(2,3,4)5;/h2-8H,9H2,1H3;4-5,12H,6-7H2,1-3H3;4,6H,2-3H2,1H3;3,5H,1-2H2,(H,6,7);1H3,(H,4,5);1H4. The van der Waals surface area contributed by atoms with Gasteiger partial charge in [0.25, 0.3) is 22.5 Å². The molecule has 3 heterocycles. The number of amides is 1. The van der Waals surface area contributed by atoms with Crippen LogP contribution in [-0.2, 0) is 33.5 Å². The number of ether oxygens (including phenoxy) is 4. The molecule has 3 fully saturated rings. The number of methoxy groups -OCH3 is 3. The second-order valence-corrected chi connectivity index (χ2v) is 24.1. The maximum absolute atomic E-state index is 12.7. The van der Waals surface area contributed by atoms with Gasteiger partial charge in [0.15, 0.2) is 17.3 Å². The minimum Gasteiger partial charge on any atom is -0.496 e. The zero-order valence-corrected chi connectivity index (χ0v) is 42.1. The van der Waals surface area contributed by atoms with Crippen molar-refractivity contribution >= 4 is 116 Å². The highest BCUT2D eigenvalue weighted by atomic mass is 36.0. The van der Waals surface area contributed by atoms with Gasteiger partial charge in [-0.05, 0) is 36.6 Å². The van der Waals surface area contributed by atoms with Crippen LogP contribution >= 0.6 is 68.3 Å². The van der Waals surface area contributed by atoms with Crippen LogP contribution in [-0.4, -0.2) is 138 Å². The van der Waals surface area contributed by atoms with E-state index < -0.39 is 46.5 Å². The number of esters is 1. The summed E-state index contributed by atoms with van der Waals surface area (Å²) in [6.07, 6.45) is 0.848. The number of carboxylic acid groups (broad SMARTS) is 1. The van der Waals surface area contributed by atoms with E-state index >= 15 is 0 Å². The summed E-state index contributed by atoms with van der Waals surface area (Å²) >= 11 is 10.2. The first-order valence-corrected chi connectivity index (χ1v) is 26.8. The normalized spacial score (nSPS) is 17.4. The predicted molar refractivity (Wildman–Crippen MR) is 266 cm³/mol. The van der Waals surface area contributed by atoms with Gasteiger partial charge in [-0.15, -0.1) is 35.3 Å². The van der Waals surface area contributed by atoms with Crippen molar-refractivity contribution < 1.29 is 66.6 Å². The van der Waals surface area contributed by atoms with Crippen molar-refractivity contribution in [3.63, 3.8) is 0 Å². The number of carboxylic acids is 1. The molecule has 68 heavy (non-hydrogen) atoms. The van der Waals surface area contributed by atoms with Gasteiger partial charge >= 0.3 is 11.9 Å². The molecule has 3 aliphatic rings. The van der Waals surface area contributed by atoms with Gasteiger partial charge < -0.3 is 29.0 Å². The third-order valence-corrected chi connectivity index (χ3v) is 11.8. The topological polar surface area (TPSA) is 293 Å². The number of nitro groups is 2. The van der Waals surface area contributed by atoms with E-state index in [1.807, 2.05) is 30.3 Å². The number of nitro benzene ring substituents is 2. The molecule has 3 unspecified atom stereocenters. The number of hydrogen-bond acceptors (Lipinski definition) is 19. The first kappa shape index (κ1) is 61.6. The molecule has 1 amide bonds. The molecule has 0 aliphatic carbocycles. The van der Waals surface area contributed by atoms with E-state index in [2.05, 4.69) is 36.7 Å². The number of ketones is 1. The van der Waals surface area contributed by atoms with Crippen molar-refractivity contribution in [3.8, 4) is 17.2 Å². The summed E-state index contributed by atoms with van der Waals surface area (Å²) in [6.45, 7) is 3.30. The molecule has 3 atom stereocenters. The van der Waals surface area contributed by atoms with Crippen LogP contribution in [0.3, 0.4) is 0 Å². The van der Waals surface area contributed by atoms with E-state index in [9.17, 15) is 48.4 Å². The number of carbonyl (C=O) groups excluding carboxylic acids is 4. The van der Waals surface area contributed by atoms with E-state index in [0.29, 0.717) is 28.7 Å². The number of rotatable bonds is 12. The van der Waals surface area contributed by atoms with Crippen LogP contribution in [0.15, 0.2) is 54.6 Å². The molecule has 4 N–H and O–H groups in total. The van der Waals surface area contributed by atoms with E-state index in [4.69, 9.17) is 35.5 Å². The van der Waals surface area contributed by atoms with Gasteiger partial charge in [-0.25, -0.2) is 0 Å². The molecule has 21 nitrogen and oxygen atoms in total. The Kier molecular flexibility index (Phi) is 26.2. The summed E-state index contributed by atoms with van der Waals surface area (Å²) in [5.41, 5.74) is 0.470.